The van der Waals surface area contributed by atoms with Gasteiger partial charge in [0.25, 0.3) is 0 Å². The average molecular weight is 598 g/mol. The zero-order valence-corrected chi connectivity index (χ0v) is 22.6. The van der Waals surface area contributed by atoms with E-state index in [1.54, 1.807) is 63.2 Å². The van der Waals surface area contributed by atoms with Crippen molar-refractivity contribution in [3.8, 4) is 5.88 Å². The Balaban J connectivity index is 1.65. The van der Waals surface area contributed by atoms with E-state index in [0.29, 0.717) is 33.7 Å². The first-order valence-corrected chi connectivity index (χ1v) is 14.2. The molecule has 0 saturated heterocycles. The number of halogens is 4. The van der Waals surface area contributed by atoms with Crippen molar-refractivity contribution in [3.63, 3.8) is 0 Å². The zero-order chi connectivity index (χ0) is 27.0. The summed E-state index contributed by atoms with van der Waals surface area (Å²) in [6.45, 7) is 3.70. The predicted molar refractivity (Wildman–Crippen MR) is 141 cm³/mol. The summed E-state index contributed by atoms with van der Waals surface area (Å²) < 4.78 is 61.2. The minimum atomic E-state index is -4.72. The normalized spacial score (nSPS) is 13.5. The monoisotopic (exact) mass is 597 g/mol. The molecule has 0 spiro atoms. The lowest BCUT2D eigenvalue weighted by Gasteiger charge is -2.16. The average Bonchev–Trinajstić information content (AvgIpc) is 3.11. The molecule has 8 nitrogen and oxygen atoms in total. The molecule has 2 aromatic carbocycles. The molecule has 37 heavy (non-hydrogen) atoms. The Bertz CT molecular complexity index is 1490. The number of rotatable bonds is 8. The van der Waals surface area contributed by atoms with Crippen molar-refractivity contribution >= 4 is 57.2 Å². The molecule has 2 aromatic heterocycles. The van der Waals surface area contributed by atoms with Crippen LogP contribution in [-0.2, 0) is 28.5 Å². The van der Waals surface area contributed by atoms with Crippen LogP contribution in [0.3, 0.4) is 0 Å². The summed E-state index contributed by atoms with van der Waals surface area (Å²) >= 11 is 3.40. The summed E-state index contributed by atoms with van der Waals surface area (Å²) in [5.41, 5.74) is 0.509. The fourth-order valence-electron chi connectivity index (χ4n) is 3.84. The maximum absolute atomic E-state index is 13.8. The van der Waals surface area contributed by atoms with Gasteiger partial charge in [-0.05, 0) is 36.8 Å². The van der Waals surface area contributed by atoms with Gasteiger partial charge in [0.15, 0.2) is 0 Å². The van der Waals surface area contributed by atoms with Crippen LogP contribution in [0.15, 0.2) is 53.3 Å². The molecule has 0 aliphatic heterocycles. The van der Waals surface area contributed by atoms with Crippen LogP contribution < -0.4 is 10.6 Å². The maximum atomic E-state index is 13.8. The second-order valence-electron chi connectivity index (χ2n) is 8.44. The Hall–Kier alpha value is -3.08. The third-order valence-electron chi connectivity index (χ3n) is 5.50. The van der Waals surface area contributed by atoms with Crippen LogP contribution >= 0.6 is 23.3 Å². The van der Waals surface area contributed by atoms with Crippen molar-refractivity contribution in [2.75, 3.05) is 23.9 Å². The van der Waals surface area contributed by atoms with Crippen LogP contribution in [-0.4, -0.2) is 32.9 Å². The number of hydrogen-bond donors (Lipinski definition) is 3. The number of anilines is 4. The van der Waals surface area contributed by atoms with Gasteiger partial charge in [-0.25, -0.2) is 4.98 Å². The van der Waals surface area contributed by atoms with Crippen LogP contribution in [0.5, 0.6) is 5.88 Å². The van der Waals surface area contributed by atoms with Crippen LogP contribution in [0.25, 0.3) is 10.8 Å². The van der Waals surface area contributed by atoms with Gasteiger partial charge in [0.2, 0.25) is 19.2 Å². The van der Waals surface area contributed by atoms with Gasteiger partial charge in [0, 0.05) is 47.8 Å². The van der Waals surface area contributed by atoms with E-state index in [0.717, 1.165) is 5.56 Å². The summed E-state index contributed by atoms with van der Waals surface area (Å²) in [5, 5.41) is 17.1. The van der Waals surface area contributed by atoms with Crippen LogP contribution in [0.2, 0.25) is 0 Å². The Kier molecular flexibility index (Phi) is 7.55. The molecule has 0 aliphatic carbocycles. The first kappa shape index (κ1) is 27.0. The lowest BCUT2D eigenvalue weighted by molar-refractivity contribution is -0.137. The number of nitrogens with zero attached hydrogens (tertiary/aromatic N) is 3. The molecule has 1 atom stereocenters. The number of aromatic nitrogens is 3. The lowest BCUT2D eigenvalue weighted by Crippen LogP contribution is -2.12. The van der Waals surface area contributed by atoms with Crippen molar-refractivity contribution in [1.29, 1.82) is 0 Å². The van der Waals surface area contributed by atoms with Gasteiger partial charge < -0.3 is 24.8 Å². The van der Waals surface area contributed by atoms with Crippen molar-refractivity contribution < 1.29 is 27.4 Å². The van der Waals surface area contributed by atoms with E-state index in [9.17, 15) is 22.8 Å². The quantitative estimate of drug-likeness (QED) is 0.182. The highest BCUT2D eigenvalue weighted by Crippen LogP contribution is 2.46. The second kappa shape index (κ2) is 10.4. The molecular formula is C24H24BrF3N5O3P. The fraction of sp³-hybridized carbons (Fsp3) is 0.250. The molecule has 0 saturated carbocycles. The maximum Gasteiger partial charge on any atom is 0.421 e. The highest BCUT2D eigenvalue weighted by atomic mass is 79.9. The van der Waals surface area contributed by atoms with Crippen LogP contribution in [0.4, 0.5) is 36.3 Å². The topological polar surface area (TPSA) is 101 Å². The Morgan fingerprint density at radius 2 is 1.86 bits per heavy atom. The Labute approximate surface area is 219 Å². The minimum Gasteiger partial charge on any atom is -0.494 e. The van der Waals surface area contributed by atoms with Gasteiger partial charge in [-0.1, -0.05) is 28.1 Å². The first-order chi connectivity index (χ1) is 17.4. The molecular weight excluding hydrogens is 574 g/mol. The van der Waals surface area contributed by atoms with Gasteiger partial charge in [0.1, 0.15) is 11.4 Å². The highest BCUT2D eigenvalue weighted by molar-refractivity contribution is 9.10. The number of aromatic hydroxyl groups is 1. The molecule has 0 fully saturated rings. The summed E-state index contributed by atoms with van der Waals surface area (Å²) in [4.78, 5) is 7.92. The van der Waals surface area contributed by atoms with Crippen LogP contribution in [0.1, 0.15) is 18.1 Å². The van der Waals surface area contributed by atoms with E-state index in [4.69, 9.17) is 4.52 Å². The van der Waals surface area contributed by atoms with Crippen LogP contribution in [0, 0.1) is 0 Å². The molecule has 4 rings (SSSR count). The summed E-state index contributed by atoms with van der Waals surface area (Å²) in [6.07, 6.45) is -2.10. The molecule has 0 amide bonds. The molecule has 0 bridgehead atoms. The highest BCUT2D eigenvalue weighted by Gasteiger charge is 2.35. The summed E-state index contributed by atoms with van der Waals surface area (Å²) in [5.74, 6) is -0.651. The molecule has 0 radical (unpaired) electrons. The van der Waals surface area contributed by atoms with Gasteiger partial charge in [0.05, 0.1) is 17.7 Å². The number of benzene rings is 2. The van der Waals surface area contributed by atoms with Gasteiger partial charge in [-0.3, -0.25) is 4.57 Å². The van der Waals surface area contributed by atoms with E-state index in [1.165, 1.54) is 4.57 Å². The van der Waals surface area contributed by atoms with Crippen molar-refractivity contribution in [3.05, 3.63) is 64.4 Å². The molecule has 1 unspecified atom stereocenters. The molecule has 4 aromatic rings. The number of nitrogens with one attached hydrogen (secondary N) is 2. The summed E-state index contributed by atoms with van der Waals surface area (Å²) in [6, 6.07) is 10.1. The summed E-state index contributed by atoms with van der Waals surface area (Å²) in [7, 11) is -1.14. The number of fused-ring (bicyclic) bond motifs is 1. The standard InChI is InChI=1S/C24H24BrF3N5O3P/c1-4-36-37(3,35)13-14-5-7-15(8-6-14)30-23-29-11-17(24(26,27)28)21(32-23)31-19-10-9-18(25)16-12-33(2)22(34)20(16)19/h5-12,34H,4,13H2,1-3H3,(H2,29,30,31,32). The Morgan fingerprint density at radius 1 is 1.16 bits per heavy atom. The fourth-order valence-corrected chi connectivity index (χ4v) is 5.79. The van der Waals surface area contributed by atoms with E-state index >= 15 is 0 Å². The largest absolute Gasteiger partial charge is 0.494 e. The van der Waals surface area contributed by atoms with Crippen molar-refractivity contribution in [2.24, 2.45) is 7.05 Å². The SMILES string of the molecule is CCOP(C)(=O)Cc1ccc(Nc2ncc(C(F)(F)F)c(Nc3ccc(Br)c4cn(C)c(O)c34)n2)cc1. The smallest absolute Gasteiger partial charge is 0.421 e. The number of aryl methyl sites for hydroxylation is 1. The van der Waals surface area contributed by atoms with E-state index in [-0.39, 0.29) is 23.7 Å². The third-order valence-corrected chi connectivity index (χ3v) is 7.94. The molecule has 2 heterocycles. The molecule has 0 aliphatic rings. The van der Waals surface area contributed by atoms with Gasteiger partial charge >= 0.3 is 6.18 Å². The van der Waals surface area contributed by atoms with E-state index in [1.807, 2.05) is 0 Å². The molecule has 3 N–H and O–H groups in total. The second-order valence-corrected chi connectivity index (χ2v) is 11.9. The van der Waals surface area contributed by atoms with Gasteiger partial charge in [-0.2, -0.15) is 18.2 Å². The molecule has 196 valence electrons. The third kappa shape index (κ3) is 6.08. The van der Waals surface area contributed by atoms with E-state index < -0.39 is 24.9 Å². The minimum absolute atomic E-state index is 0.0654. The number of hydrogen-bond acceptors (Lipinski definition) is 7. The Morgan fingerprint density at radius 3 is 2.51 bits per heavy atom. The van der Waals surface area contributed by atoms with E-state index in [2.05, 4.69) is 36.5 Å². The lowest BCUT2D eigenvalue weighted by atomic mass is 10.1. The predicted octanol–water partition coefficient (Wildman–Crippen LogP) is 7.39. The molecule has 13 heteroatoms. The number of alkyl halides is 3. The van der Waals surface area contributed by atoms with Crippen molar-refractivity contribution in [2.45, 2.75) is 19.3 Å². The van der Waals surface area contributed by atoms with Crippen molar-refractivity contribution in [1.82, 2.24) is 14.5 Å². The first-order valence-electron chi connectivity index (χ1n) is 11.1. The van der Waals surface area contributed by atoms with Gasteiger partial charge in [-0.15, -0.1) is 0 Å². The zero-order valence-electron chi connectivity index (χ0n) is 20.1.